The van der Waals surface area contributed by atoms with Gasteiger partial charge < -0.3 is 15.4 Å². The van der Waals surface area contributed by atoms with Gasteiger partial charge in [-0.2, -0.15) is 0 Å². The minimum Gasteiger partial charge on any atom is -0.482 e. The second-order valence-corrected chi connectivity index (χ2v) is 4.32. The highest BCUT2D eigenvalue weighted by Gasteiger charge is 2.09. The third-order valence-electron chi connectivity index (χ3n) is 2.24. The van der Waals surface area contributed by atoms with Crippen LogP contribution in [0.5, 0.6) is 5.75 Å². The van der Waals surface area contributed by atoms with Crippen molar-refractivity contribution in [3.8, 4) is 5.75 Å². The fourth-order valence-electron chi connectivity index (χ4n) is 1.32. The zero-order valence-electron chi connectivity index (χ0n) is 10.0. The van der Waals surface area contributed by atoms with E-state index in [1.165, 1.54) is 0 Å². The summed E-state index contributed by atoms with van der Waals surface area (Å²) < 4.78 is 6.38. The number of likely N-dealkylation sites (N-methyl/N-ethyl adjacent to an activating group) is 1. The van der Waals surface area contributed by atoms with Gasteiger partial charge in [0.1, 0.15) is 5.75 Å². The molecular weight excluding hydrogens is 284 g/mol. The topological polar surface area (TPSA) is 50.4 Å². The maximum Gasteiger partial charge on any atom is 0.257 e. The Hall–Kier alpha value is -1.07. The molecule has 0 aliphatic rings. The Kier molecular flexibility index (Phi) is 6.00. The minimum absolute atomic E-state index is 0.0260. The summed E-state index contributed by atoms with van der Waals surface area (Å²) in [7, 11) is 1.59. The lowest BCUT2D eigenvalue weighted by Gasteiger charge is -2.13. The van der Waals surface area contributed by atoms with E-state index in [0.29, 0.717) is 0 Å². The van der Waals surface area contributed by atoms with Crippen molar-refractivity contribution < 1.29 is 9.53 Å². The number of carbonyl (C=O) groups is 1. The minimum atomic E-state index is -0.143. The van der Waals surface area contributed by atoms with E-state index in [1.807, 2.05) is 25.1 Å². The Bertz CT molecular complexity index is 383. The second-order valence-electron chi connectivity index (χ2n) is 3.47. The first-order valence-corrected chi connectivity index (χ1v) is 6.29. The summed E-state index contributed by atoms with van der Waals surface area (Å²) in [6, 6.07) is 5.82. The highest BCUT2D eigenvalue weighted by atomic mass is 79.9. The summed E-state index contributed by atoms with van der Waals surface area (Å²) in [6.45, 7) is 3.68. The zero-order chi connectivity index (χ0) is 12.7. The molecule has 1 aromatic rings. The zero-order valence-corrected chi connectivity index (χ0v) is 11.6. The molecule has 0 heterocycles. The van der Waals surface area contributed by atoms with Gasteiger partial charge in [-0.15, -0.1) is 0 Å². The van der Waals surface area contributed by atoms with E-state index in [0.717, 1.165) is 28.9 Å². The number of benzene rings is 1. The van der Waals surface area contributed by atoms with Crippen molar-refractivity contribution in [3.05, 3.63) is 28.2 Å². The Morgan fingerprint density at radius 2 is 2.24 bits per heavy atom. The molecule has 1 amide bonds. The maximum absolute atomic E-state index is 11.2. The van der Waals surface area contributed by atoms with Crippen LogP contribution in [0.2, 0.25) is 0 Å². The van der Waals surface area contributed by atoms with Crippen LogP contribution in [0.4, 0.5) is 0 Å². The Morgan fingerprint density at radius 1 is 1.47 bits per heavy atom. The quantitative estimate of drug-likeness (QED) is 0.840. The molecule has 0 saturated carbocycles. The van der Waals surface area contributed by atoms with Gasteiger partial charge in [-0.1, -0.05) is 19.1 Å². The van der Waals surface area contributed by atoms with E-state index in [9.17, 15) is 4.79 Å². The van der Waals surface area contributed by atoms with E-state index in [-0.39, 0.29) is 12.5 Å². The number of hydrogen-bond acceptors (Lipinski definition) is 3. The van der Waals surface area contributed by atoms with Crippen LogP contribution < -0.4 is 15.4 Å². The number of amides is 1. The van der Waals surface area contributed by atoms with Crippen molar-refractivity contribution in [2.75, 3.05) is 20.2 Å². The summed E-state index contributed by atoms with van der Waals surface area (Å²) >= 11 is 3.43. The summed E-state index contributed by atoms with van der Waals surface area (Å²) in [5, 5.41) is 5.75. The lowest BCUT2D eigenvalue weighted by Crippen LogP contribution is -2.25. The summed E-state index contributed by atoms with van der Waals surface area (Å²) in [6.07, 6.45) is 0. The van der Waals surface area contributed by atoms with E-state index in [1.54, 1.807) is 7.05 Å². The van der Waals surface area contributed by atoms with E-state index < -0.39 is 0 Å². The van der Waals surface area contributed by atoms with Crippen molar-refractivity contribution in [2.24, 2.45) is 0 Å². The van der Waals surface area contributed by atoms with Crippen molar-refractivity contribution in [1.82, 2.24) is 10.6 Å². The van der Waals surface area contributed by atoms with Gasteiger partial charge in [0.2, 0.25) is 0 Å². The highest BCUT2D eigenvalue weighted by molar-refractivity contribution is 9.10. The van der Waals surface area contributed by atoms with Crippen molar-refractivity contribution in [2.45, 2.75) is 13.5 Å². The second kappa shape index (κ2) is 7.29. The highest BCUT2D eigenvalue weighted by Crippen LogP contribution is 2.28. The molecule has 0 aliphatic carbocycles. The predicted octanol–water partition coefficient (Wildman–Crippen LogP) is 1.68. The van der Waals surface area contributed by atoms with E-state index in [2.05, 4.69) is 26.6 Å². The summed E-state index contributed by atoms with van der Waals surface area (Å²) in [4.78, 5) is 11.2. The fraction of sp³-hybridized carbons (Fsp3) is 0.417. The third-order valence-corrected chi connectivity index (χ3v) is 2.86. The fourth-order valence-corrected chi connectivity index (χ4v) is 1.85. The molecule has 0 aliphatic heterocycles. The SMILES string of the molecule is CCNCc1cccc(Br)c1OCC(=O)NC. The summed E-state index contributed by atoms with van der Waals surface area (Å²) in [5.74, 6) is 0.576. The molecule has 0 spiro atoms. The average molecular weight is 301 g/mol. The first-order valence-electron chi connectivity index (χ1n) is 5.50. The number of nitrogens with one attached hydrogen (secondary N) is 2. The monoisotopic (exact) mass is 300 g/mol. The molecular formula is C12H17BrN2O2. The molecule has 94 valence electrons. The molecule has 0 bridgehead atoms. The maximum atomic E-state index is 11.2. The van der Waals surface area contributed by atoms with Crippen LogP contribution in [0.3, 0.4) is 0 Å². The van der Waals surface area contributed by atoms with Crippen LogP contribution in [-0.4, -0.2) is 26.1 Å². The van der Waals surface area contributed by atoms with Gasteiger partial charge >= 0.3 is 0 Å². The normalized spacial score (nSPS) is 10.1. The molecule has 0 fully saturated rings. The predicted molar refractivity (Wildman–Crippen MR) is 71.1 cm³/mol. The molecule has 1 rings (SSSR count). The van der Waals surface area contributed by atoms with Gasteiger partial charge in [0.15, 0.2) is 6.61 Å². The molecule has 0 aromatic heterocycles. The molecule has 0 atom stereocenters. The molecule has 5 heteroatoms. The van der Waals surface area contributed by atoms with Crippen molar-refractivity contribution >= 4 is 21.8 Å². The molecule has 1 aromatic carbocycles. The Balaban J connectivity index is 2.76. The van der Waals surface area contributed by atoms with Gasteiger partial charge in [0, 0.05) is 19.2 Å². The standard InChI is InChI=1S/C12H17BrN2O2/c1-3-15-7-9-5-4-6-10(13)12(9)17-8-11(16)14-2/h4-6,15H,3,7-8H2,1-2H3,(H,14,16). The molecule has 2 N–H and O–H groups in total. The van der Waals surface area contributed by atoms with Gasteiger partial charge in [-0.25, -0.2) is 0 Å². The van der Waals surface area contributed by atoms with Crippen LogP contribution in [-0.2, 0) is 11.3 Å². The Morgan fingerprint density at radius 3 is 2.88 bits per heavy atom. The largest absolute Gasteiger partial charge is 0.482 e. The lowest BCUT2D eigenvalue weighted by atomic mass is 10.2. The lowest BCUT2D eigenvalue weighted by molar-refractivity contribution is -0.122. The van der Waals surface area contributed by atoms with Crippen LogP contribution >= 0.6 is 15.9 Å². The number of carbonyl (C=O) groups excluding carboxylic acids is 1. The van der Waals surface area contributed by atoms with Gasteiger partial charge in [0.05, 0.1) is 4.47 Å². The first-order chi connectivity index (χ1) is 8.19. The van der Waals surface area contributed by atoms with Crippen LogP contribution in [0.1, 0.15) is 12.5 Å². The molecule has 0 saturated heterocycles. The van der Waals surface area contributed by atoms with Crippen LogP contribution in [0, 0.1) is 0 Å². The van der Waals surface area contributed by atoms with E-state index >= 15 is 0 Å². The van der Waals surface area contributed by atoms with Crippen LogP contribution in [0.15, 0.2) is 22.7 Å². The number of halogens is 1. The van der Waals surface area contributed by atoms with Crippen molar-refractivity contribution in [1.29, 1.82) is 0 Å². The number of rotatable bonds is 6. The third kappa shape index (κ3) is 4.36. The number of para-hydroxylation sites is 1. The van der Waals surface area contributed by atoms with Crippen molar-refractivity contribution in [3.63, 3.8) is 0 Å². The number of ether oxygens (including phenoxy) is 1. The van der Waals surface area contributed by atoms with E-state index in [4.69, 9.17) is 4.74 Å². The molecule has 0 radical (unpaired) electrons. The molecule has 0 unspecified atom stereocenters. The summed E-state index contributed by atoms with van der Waals surface area (Å²) in [5.41, 5.74) is 1.03. The smallest absolute Gasteiger partial charge is 0.257 e. The molecule has 17 heavy (non-hydrogen) atoms. The Labute approximate surface area is 110 Å². The number of hydrogen-bond donors (Lipinski definition) is 2. The van der Waals surface area contributed by atoms with Gasteiger partial charge in [-0.3, -0.25) is 4.79 Å². The molecule has 4 nitrogen and oxygen atoms in total. The van der Waals surface area contributed by atoms with Gasteiger partial charge in [-0.05, 0) is 28.5 Å². The first kappa shape index (κ1) is 14.0. The average Bonchev–Trinajstić information content (AvgIpc) is 2.34. The van der Waals surface area contributed by atoms with Crippen LogP contribution in [0.25, 0.3) is 0 Å². The van der Waals surface area contributed by atoms with Gasteiger partial charge in [0.25, 0.3) is 5.91 Å².